The van der Waals surface area contributed by atoms with Gasteiger partial charge in [0, 0.05) is 4.88 Å². The largest absolute Gasteiger partial charge is 0.418 e. The van der Waals surface area contributed by atoms with Crippen molar-refractivity contribution in [3.63, 3.8) is 0 Å². The molecule has 0 fully saturated rings. The molecule has 6 nitrogen and oxygen atoms in total. The minimum Gasteiger partial charge on any atom is -0.324 e. The van der Waals surface area contributed by atoms with E-state index in [4.69, 9.17) is 0 Å². The molecular formula is C19H17F3N4O2S. The molecule has 152 valence electrons. The lowest BCUT2D eigenvalue weighted by molar-refractivity contribution is -0.137. The zero-order valence-electron chi connectivity index (χ0n) is 15.4. The fraction of sp³-hybridized carbons (Fsp3) is 0.368. The molecule has 4 rings (SSSR count). The smallest absolute Gasteiger partial charge is 0.324 e. The quantitative estimate of drug-likeness (QED) is 0.699. The van der Waals surface area contributed by atoms with Gasteiger partial charge in [0.05, 0.1) is 16.6 Å². The van der Waals surface area contributed by atoms with Crippen molar-refractivity contribution in [3.05, 3.63) is 50.6 Å². The van der Waals surface area contributed by atoms with Crippen molar-refractivity contribution in [2.75, 3.05) is 5.32 Å². The molecule has 1 atom stereocenters. The van der Waals surface area contributed by atoms with E-state index in [1.54, 1.807) is 0 Å². The van der Waals surface area contributed by atoms with Gasteiger partial charge in [-0.05, 0) is 42.9 Å². The number of thiophene rings is 1. The first-order valence-corrected chi connectivity index (χ1v) is 9.90. The van der Waals surface area contributed by atoms with Gasteiger partial charge in [0.15, 0.2) is 4.83 Å². The van der Waals surface area contributed by atoms with Gasteiger partial charge in [-0.1, -0.05) is 24.3 Å². The highest BCUT2D eigenvalue weighted by Crippen LogP contribution is 2.36. The van der Waals surface area contributed by atoms with Gasteiger partial charge in [0.1, 0.15) is 6.54 Å². The number of hydrogen-bond donors (Lipinski definition) is 1. The monoisotopic (exact) mass is 422 g/mol. The average Bonchev–Trinajstić information content (AvgIpc) is 3.01. The van der Waals surface area contributed by atoms with E-state index in [1.165, 1.54) is 23.5 Å². The number of hydrogen-bond acceptors (Lipinski definition) is 5. The highest BCUT2D eigenvalue weighted by Gasteiger charge is 2.33. The van der Waals surface area contributed by atoms with E-state index in [2.05, 4.69) is 22.6 Å². The highest BCUT2D eigenvalue weighted by molar-refractivity contribution is 7.18. The van der Waals surface area contributed by atoms with Crippen LogP contribution in [0.15, 0.2) is 29.1 Å². The number of anilines is 1. The minimum atomic E-state index is -4.60. The third-order valence-electron chi connectivity index (χ3n) is 4.98. The van der Waals surface area contributed by atoms with E-state index in [-0.39, 0.29) is 5.69 Å². The minimum absolute atomic E-state index is 0.367. The SMILES string of the molecule is CC1CCc2c(sc3nnn(CC(=O)Nc4ccccc4C(F)(F)F)c(=O)c23)C1. The summed E-state index contributed by atoms with van der Waals surface area (Å²) in [5, 5.41) is 10.6. The van der Waals surface area contributed by atoms with Gasteiger partial charge in [0.25, 0.3) is 5.56 Å². The summed E-state index contributed by atoms with van der Waals surface area (Å²) in [6.45, 7) is 1.63. The molecular weight excluding hydrogens is 405 g/mol. The van der Waals surface area contributed by atoms with Gasteiger partial charge in [-0.15, -0.1) is 16.4 Å². The fourth-order valence-electron chi connectivity index (χ4n) is 3.56. The molecule has 1 aromatic carbocycles. The van der Waals surface area contributed by atoms with Gasteiger partial charge in [-0.25, -0.2) is 4.68 Å². The van der Waals surface area contributed by atoms with Gasteiger partial charge < -0.3 is 5.32 Å². The number of amides is 1. The summed E-state index contributed by atoms with van der Waals surface area (Å²) in [7, 11) is 0. The Morgan fingerprint density at radius 1 is 1.34 bits per heavy atom. The van der Waals surface area contributed by atoms with E-state index >= 15 is 0 Å². The van der Waals surface area contributed by atoms with E-state index in [1.807, 2.05) is 0 Å². The lowest BCUT2D eigenvalue weighted by Gasteiger charge is -2.17. The predicted octanol–water partition coefficient (Wildman–Crippen LogP) is 3.64. The number of carbonyl (C=O) groups is 1. The Morgan fingerprint density at radius 3 is 2.86 bits per heavy atom. The molecule has 0 radical (unpaired) electrons. The predicted molar refractivity (Wildman–Crippen MR) is 103 cm³/mol. The van der Waals surface area contributed by atoms with Gasteiger partial charge in [0.2, 0.25) is 5.91 Å². The second-order valence-corrected chi connectivity index (χ2v) is 8.26. The first-order chi connectivity index (χ1) is 13.7. The second kappa shape index (κ2) is 7.25. The Morgan fingerprint density at radius 2 is 2.10 bits per heavy atom. The number of benzene rings is 1. The van der Waals surface area contributed by atoms with Crippen molar-refractivity contribution < 1.29 is 18.0 Å². The third-order valence-corrected chi connectivity index (χ3v) is 6.12. The Bertz CT molecular complexity index is 1150. The van der Waals surface area contributed by atoms with Crippen molar-refractivity contribution in [1.29, 1.82) is 0 Å². The number of carbonyl (C=O) groups excluding carboxylic acids is 1. The fourth-order valence-corrected chi connectivity index (χ4v) is 4.88. The summed E-state index contributed by atoms with van der Waals surface area (Å²) in [5.41, 5.74) is -0.807. The molecule has 0 saturated carbocycles. The van der Waals surface area contributed by atoms with Crippen LogP contribution in [-0.4, -0.2) is 20.9 Å². The maximum atomic E-state index is 13.1. The lowest BCUT2D eigenvalue weighted by atomic mass is 9.89. The Labute approximate surface area is 167 Å². The molecule has 0 saturated heterocycles. The summed E-state index contributed by atoms with van der Waals surface area (Å²) in [6.07, 6.45) is -1.99. The Hall–Kier alpha value is -2.75. The molecule has 1 amide bonds. The van der Waals surface area contributed by atoms with Crippen LogP contribution in [0.1, 0.15) is 29.3 Å². The topological polar surface area (TPSA) is 76.9 Å². The molecule has 1 N–H and O–H groups in total. The van der Waals surface area contributed by atoms with Crippen molar-refractivity contribution in [2.45, 2.75) is 38.9 Å². The van der Waals surface area contributed by atoms with Gasteiger partial charge in [-0.2, -0.15) is 13.2 Å². The number of rotatable bonds is 3. The molecule has 3 aromatic rings. The van der Waals surface area contributed by atoms with Crippen LogP contribution in [-0.2, 0) is 30.4 Å². The Kier molecular flexibility index (Phi) is 4.89. The second-order valence-electron chi connectivity index (χ2n) is 7.18. The molecule has 2 aromatic heterocycles. The first kappa shape index (κ1) is 19.6. The van der Waals surface area contributed by atoms with E-state index < -0.39 is 29.8 Å². The summed E-state index contributed by atoms with van der Waals surface area (Å²) in [4.78, 5) is 26.8. The molecule has 0 bridgehead atoms. The number of fused-ring (bicyclic) bond motifs is 3. The van der Waals surface area contributed by atoms with Crippen LogP contribution in [0.25, 0.3) is 10.2 Å². The summed E-state index contributed by atoms with van der Waals surface area (Å²) >= 11 is 1.44. The normalized spacial score (nSPS) is 16.6. The van der Waals surface area contributed by atoms with Crippen LogP contribution in [0.3, 0.4) is 0 Å². The molecule has 2 heterocycles. The van der Waals surface area contributed by atoms with Crippen molar-refractivity contribution in [1.82, 2.24) is 15.0 Å². The van der Waals surface area contributed by atoms with Crippen LogP contribution in [0.2, 0.25) is 0 Å². The van der Waals surface area contributed by atoms with E-state index in [0.29, 0.717) is 16.1 Å². The number of aryl methyl sites for hydroxylation is 1. The maximum absolute atomic E-state index is 13.1. The van der Waals surface area contributed by atoms with Crippen LogP contribution < -0.4 is 10.9 Å². The third kappa shape index (κ3) is 3.76. The number of nitrogens with one attached hydrogen (secondary N) is 1. The van der Waals surface area contributed by atoms with E-state index in [9.17, 15) is 22.8 Å². The molecule has 10 heteroatoms. The van der Waals surface area contributed by atoms with Crippen LogP contribution in [0.5, 0.6) is 0 Å². The highest BCUT2D eigenvalue weighted by atomic mass is 32.1. The number of aromatic nitrogens is 3. The molecule has 1 aliphatic carbocycles. The summed E-state index contributed by atoms with van der Waals surface area (Å²) in [6, 6.07) is 4.67. The summed E-state index contributed by atoms with van der Waals surface area (Å²) < 4.78 is 40.2. The average molecular weight is 422 g/mol. The number of alkyl halides is 3. The van der Waals surface area contributed by atoms with Crippen molar-refractivity contribution >= 4 is 33.1 Å². The summed E-state index contributed by atoms with van der Waals surface area (Å²) in [5.74, 6) is -0.250. The molecule has 1 aliphatic rings. The van der Waals surface area contributed by atoms with Gasteiger partial charge in [-0.3, -0.25) is 9.59 Å². The van der Waals surface area contributed by atoms with Gasteiger partial charge >= 0.3 is 6.18 Å². The molecule has 0 spiro atoms. The molecule has 1 unspecified atom stereocenters. The van der Waals surface area contributed by atoms with Crippen LogP contribution >= 0.6 is 11.3 Å². The first-order valence-electron chi connectivity index (χ1n) is 9.08. The molecule has 0 aliphatic heterocycles. The van der Waals surface area contributed by atoms with E-state index in [0.717, 1.165) is 46.5 Å². The maximum Gasteiger partial charge on any atom is 0.418 e. The van der Waals surface area contributed by atoms with Crippen molar-refractivity contribution in [2.24, 2.45) is 5.92 Å². The Balaban J connectivity index is 1.61. The number of para-hydroxylation sites is 1. The lowest BCUT2D eigenvalue weighted by Crippen LogP contribution is -2.31. The van der Waals surface area contributed by atoms with Crippen LogP contribution in [0.4, 0.5) is 18.9 Å². The molecule has 29 heavy (non-hydrogen) atoms. The van der Waals surface area contributed by atoms with Crippen molar-refractivity contribution in [3.8, 4) is 0 Å². The zero-order valence-corrected chi connectivity index (χ0v) is 16.2. The van der Waals surface area contributed by atoms with Crippen LogP contribution in [0, 0.1) is 5.92 Å². The number of halogens is 3. The standard InChI is InChI=1S/C19H17F3N4O2S/c1-10-6-7-11-14(8-10)29-17-16(11)18(28)26(25-24-17)9-15(27)23-13-5-3-2-4-12(13)19(20,21)22/h2-5,10H,6-9H2,1H3,(H,23,27). The zero-order chi connectivity index (χ0) is 20.8. The number of nitrogens with zero attached hydrogens (tertiary/aromatic N) is 3.